The van der Waals surface area contributed by atoms with E-state index >= 15 is 0 Å². The Balaban J connectivity index is 0.00000616. The predicted octanol–water partition coefficient (Wildman–Crippen LogP) is -1.04. The monoisotopic (exact) mass is 590 g/mol. The van der Waals surface area contributed by atoms with E-state index in [0.29, 0.717) is 22.5 Å². The molecule has 12 heteroatoms. The zero-order chi connectivity index (χ0) is 30.3. The van der Waals surface area contributed by atoms with E-state index in [4.69, 9.17) is 0 Å². The number of aliphatic carboxylic acids is 1. The van der Waals surface area contributed by atoms with Gasteiger partial charge in [-0.3, -0.25) is 9.59 Å². The summed E-state index contributed by atoms with van der Waals surface area (Å²) in [6.07, 6.45) is -2.58. The number of carboxylic acids is 1. The zero-order valence-electron chi connectivity index (χ0n) is 24.6. The van der Waals surface area contributed by atoms with Crippen LogP contribution in [0.5, 0.6) is 0 Å². The molecule has 0 saturated carbocycles. The molecule has 10 nitrogen and oxygen atoms in total. The number of halogens is 1. The van der Waals surface area contributed by atoms with Gasteiger partial charge < -0.3 is 30.3 Å². The molecule has 0 aliphatic heterocycles. The average molecular weight is 591 g/mol. The van der Waals surface area contributed by atoms with Crippen molar-refractivity contribution in [2.24, 2.45) is 0 Å². The summed E-state index contributed by atoms with van der Waals surface area (Å²) < 4.78 is 15.2. The second-order valence-corrected chi connectivity index (χ2v) is 10.5. The maximum absolute atomic E-state index is 13.7. The first-order chi connectivity index (χ1) is 19.4. The molecule has 0 radical (unpaired) electrons. The van der Waals surface area contributed by atoms with Crippen LogP contribution in [-0.4, -0.2) is 69.0 Å². The Morgan fingerprint density at radius 1 is 1.02 bits per heavy atom. The molecule has 0 unspecified atom stereocenters. The van der Waals surface area contributed by atoms with Crippen LogP contribution in [0, 0.1) is 5.82 Å². The standard InChI is InChI=1S/C30H37FN4O6.Na/c1-18(2)27-25(14-13-23(36)15-24(37)16-26(38)39)35(22-11-9-21(31)10-12-22)33-28(27)29(40)32-17-19-5-7-20(8-6-19)30(41)34(3)4;/h5-12,18,23-24,36-37H,13-17H2,1-4H3,(H,32,40)(H,38,39);/q;+1/p-1/t23-,24-;/m1./s1. The Hall–Kier alpha value is -3.09. The fourth-order valence-corrected chi connectivity index (χ4v) is 4.58. The number of hydrogen-bond acceptors (Lipinski definition) is 7. The van der Waals surface area contributed by atoms with Crippen LogP contribution in [0.15, 0.2) is 48.5 Å². The molecule has 0 bridgehead atoms. The maximum atomic E-state index is 13.7. The summed E-state index contributed by atoms with van der Waals surface area (Å²) in [5, 5.41) is 38.6. The second kappa shape index (κ2) is 15.9. The summed E-state index contributed by atoms with van der Waals surface area (Å²) >= 11 is 0. The van der Waals surface area contributed by atoms with Crippen LogP contribution < -0.4 is 40.0 Å². The number of carbonyl (C=O) groups is 3. The molecule has 0 aliphatic rings. The van der Waals surface area contributed by atoms with Gasteiger partial charge in [0.2, 0.25) is 0 Å². The van der Waals surface area contributed by atoms with Crippen LogP contribution in [-0.2, 0) is 17.8 Å². The zero-order valence-corrected chi connectivity index (χ0v) is 26.6. The minimum absolute atomic E-state index is 0. The van der Waals surface area contributed by atoms with Crippen LogP contribution in [0.25, 0.3) is 5.69 Å². The summed E-state index contributed by atoms with van der Waals surface area (Å²) in [6.45, 7) is 4.01. The van der Waals surface area contributed by atoms with Crippen LogP contribution in [0.4, 0.5) is 4.39 Å². The van der Waals surface area contributed by atoms with Gasteiger partial charge >= 0.3 is 29.6 Å². The molecule has 3 rings (SSSR count). The van der Waals surface area contributed by atoms with Gasteiger partial charge in [0.25, 0.3) is 11.8 Å². The number of hydrogen-bond donors (Lipinski definition) is 3. The molecule has 0 fully saturated rings. The Kier molecular flexibility index (Phi) is 13.3. The number of aromatic nitrogens is 2. The average Bonchev–Trinajstić information content (AvgIpc) is 3.30. The Morgan fingerprint density at radius 2 is 1.64 bits per heavy atom. The van der Waals surface area contributed by atoms with Crippen molar-refractivity contribution in [1.29, 1.82) is 0 Å². The quantitative estimate of drug-likeness (QED) is 0.215. The topological polar surface area (TPSA) is 148 Å². The Morgan fingerprint density at radius 3 is 2.19 bits per heavy atom. The van der Waals surface area contributed by atoms with E-state index in [0.717, 1.165) is 5.56 Å². The number of carboxylic acid groups (broad SMARTS) is 1. The molecule has 0 saturated heterocycles. The fraction of sp³-hybridized carbons (Fsp3) is 0.400. The molecule has 2 aromatic carbocycles. The number of rotatable bonds is 13. The number of nitrogens with zero attached hydrogens (tertiary/aromatic N) is 3. The molecule has 42 heavy (non-hydrogen) atoms. The third-order valence-corrected chi connectivity index (χ3v) is 6.61. The second-order valence-electron chi connectivity index (χ2n) is 10.5. The largest absolute Gasteiger partial charge is 1.00 e. The maximum Gasteiger partial charge on any atom is 1.00 e. The van der Waals surface area contributed by atoms with Crippen LogP contribution in [0.1, 0.15) is 76.7 Å². The summed E-state index contributed by atoms with van der Waals surface area (Å²) in [7, 11) is 3.34. The van der Waals surface area contributed by atoms with Gasteiger partial charge in [-0.2, -0.15) is 5.10 Å². The first-order valence-electron chi connectivity index (χ1n) is 13.4. The molecule has 2 atom stereocenters. The van der Waals surface area contributed by atoms with Crippen LogP contribution in [0.2, 0.25) is 0 Å². The number of aliphatic hydroxyl groups excluding tert-OH is 2. The van der Waals surface area contributed by atoms with Gasteiger partial charge in [0, 0.05) is 49.9 Å². The minimum Gasteiger partial charge on any atom is -0.550 e. The minimum atomic E-state index is -1.41. The number of amides is 2. The Bertz CT molecular complexity index is 1360. The van der Waals surface area contributed by atoms with E-state index in [1.807, 2.05) is 13.8 Å². The van der Waals surface area contributed by atoms with Gasteiger partial charge in [0.1, 0.15) is 5.82 Å². The van der Waals surface area contributed by atoms with Crippen molar-refractivity contribution < 1.29 is 63.7 Å². The van der Waals surface area contributed by atoms with E-state index in [9.17, 15) is 34.1 Å². The summed E-state index contributed by atoms with van der Waals surface area (Å²) in [4.78, 5) is 37.8. The molecule has 0 spiro atoms. The normalized spacial score (nSPS) is 12.4. The van der Waals surface area contributed by atoms with Crippen LogP contribution in [0.3, 0.4) is 0 Å². The van der Waals surface area contributed by atoms with E-state index in [1.165, 1.54) is 29.2 Å². The van der Waals surface area contributed by atoms with E-state index in [2.05, 4.69) is 10.4 Å². The van der Waals surface area contributed by atoms with Crippen molar-refractivity contribution in [2.45, 2.75) is 64.2 Å². The predicted molar refractivity (Wildman–Crippen MR) is 148 cm³/mol. The van der Waals surface area contributed by atoms with Gasteiger partial charge in [-0.05, 0) is 67.1 Å². The molecule has 1 heterocycles. The summed E-state index contributed by atoms with van der Waals surface area (Å²) in [6, 6.07) is 12.6. The number of nitrogens with one attached hydrogen (secondary N) is 1. The van der Waals surface area contributed by atoms with Crippen molar-refractivity contribution in [3.8, 4) is 5.69 Å². The molecule has 0 aliphatic carbocycles. The molecule has 3 N–H and O–H groups in total. The fourth-order valence-electron chi connectivity index (χ4n) is 4.58. The third kappa shape index (κ3) is 9.47. The molecular formula is C30H36FN4NaO6. The van der Waals surface area contributed by atoms with Crippen molar-refractivity contribution in [3.05, 3.63) is 82.4 Å². The molecule has 2 amide bonds. The van der Waals surface area contributed by atoms with Gasteiger partial charge in [-0.25, -0.2) is 9.07 Å². The van der Waals surface area contributed by atoms with Gasteiger partial charge in [-0.15, -0.1) is 0 Å². The van der Waals surface area contributed by atoms with E-state index in [1.54, 1.807) is 43.0 Å². The van der Waals surface area contributed by atoms with Gasteiger partial charge in [0.05, 0.1) is 17.9 Å². The first kappa shape index (κ1) is 35.1. The van der Waals surface area contributed by atoms with Gasteiger partial charge in [0.15, 0.2) is 5.69 Å². The van der Waals surface area contributed by atoms with Crippen molar-refractivity contribution >= 4 is 17.8 Å². The molecular weight excluding hydrogens is 554 g/mol. The SMILES string of the molecule is CC(C)c1c(C(=O)NCc2ccc(C(=O)N(C)C)cc2)nn(-c2ccc(F)cc2)c1CC[C@@H](O)C[C@@H](O)CC(=O)[O-].[Na+]. The first-order valence-corrected chi connectivity index (χ1v) is 13.4. The van der Waals surface area contributed by atoms with Gasteiger partial charge in [-0.1, -0.05) is 26.0 Å². The van der Waals surface area contributed by atoms with Crippen LogP contribution >= 0.6 is 0 Å². The van der Waals surface area contributed by atoms with Crippen molar-refractivity contribution in [2.75, 3.05) is 14.1 Å². The molecule has 1 aromatic heterocycles. The van der Waals surface area contributed by atoms with E-state index in [-0.39, 0.29) is 72.9 Å². The van der Waals surface area contributed by atoms with E-state index < -0.39 is 36.3 Å². The third-order valence-electron chi connectivity index (χ3n) is 6.61. The summed E-state index contributed by atoms with van der Waals surface area (Å²) in [5.41, 5.74) is 3.32. The smallest absolute Gasteiger partial charge is 0.550 e. The number of carbonyl (C=O) groups excluding carboxylic acids is 3. The van der Waals surface area contributed by atoms with Crippen molar-refractivity contribution in [1.82, 2.24) is 20.0 Å². The summed E-state index contributed by atoms with van der Waals surface area (Å²) in [5.74, 6) is -2.53. The number of benzene rings is 2. The van der Waals surface area contributed by atoms with Crippen molar-refractivity contribution in [3.63, 3.8) is 0 Å². The molecule has 3 aromatic rings. The Labute approximate surface area is 266 Å². The number of aliphatic hydroxyl groups is 2. The molecule has 220 valence electrons.